The van der Waals surface area contributed by atoms with Crippen LogP contribution in [-0.4, -0.2) is 48.3 Å². The fourth-order valence-electron chi connectivity index (χ4n) is 1.92. The molecule has 0 fully saturated rings. The molecule has 168 valence electrons. The fourth-order valence-corrected chi connectivity index (χ4v) is 1.92. The normalized spacial score (nSPS) is 16.2. The van der Waals surface area contributed by atoms with Crippen molar-refractivity contribution < 1.29 is 46.2 Å². The van der Waals surface area contributed by atoms with Gasteiger partial charge in [-0.25, -0.2) is 14.0 Å². The molecule has 3 unspecified atom stereocenters. The SMILES string of the molecule is CCC(F)(CC(C)C(=O)NC(=O)C(C)(C)C)C(=O)OCC(=O)OC(C)C(F)(F)F. The van der Waals surface area contributed by atoms with Crippen molar-refractivity contribution in [1.29, 1.82) is 0 Å². The van der Waals surface area contributed by atoms with E-state index in [0.717, 1.165) is 0 Å². The highest BCUT2D eigenvalue weighted by molar-refractivity contribution is 5.98. The molecule has 0 heterocycles. The number of imide groups is 1. The summed E-state index contributed by atoms with van der Waals surface area (Å²) in [6, 6.07) is 0. The van der Waals surface area contributed by atoms with Gasteiger partial charge >= 0.3 is 18.1 Å². The van der Waals surface area contributed by atoms with Crippen molar-refractivity contribution in [3.05, 3.63) is 0 Å². The third kappa shape index (κ3) is 8.78. The molecule has 0 aliphatic rings. The molecule has 0 saturated heterocycles. The van der Waals surface area contributed by atoms with Crippen LogP contribution >= 0.6 is 0 Å². The second-order valence-electron chi connectivity index (χ2n) is 7.74. The van der Waals surface area contributed by atoms with Crippen molar-refractivity contribution in [3.63, 3.8) is 0 Å². The van der Waals surface area contributed by atoms with Crippen molar-refractivity contribution in [3.8, 4) is 0 Å². The highest BCUT2D eigenvalue weighted by atomic mass is 19.4. The van der Waals surface area contributed by atoms with E-state index in [9.17, 15) is 36.7 Å². The van der Waals surface area contributed by atoms with Crippen LogP contribution in [0, 0.1) is 11.3 Å². The molecule has 0 aromatic carbocycles. The average Bonchev–Trinajstić information content (AvgIpc) is 2.57. The molecular formula is C18H27F4NO6. The Bertz CT molecular complexity index is 629. The van der Waals surface area contributed by atoms with E-state index in [4.69, 9.17) is 0 Å². The molecule has 0 saturated carbocycles. The maximum atomic E-state index is 14.9. The van der Waals surface area contributed by atoms with Gasteiger partial charge in [-0.15, -0.1) is 0 Å². The average molecular weight is 429 g/mol. The number of ether oxygens (including phenoxy) is 2. The monoisotopic (exact) mass is 429 g/mol. The van der Waals surface area contributed by atoms with Crippen LogP contribution < -0.4 is 5.32 Å². The summed E-state index contributed by atoms with van der Waals surface area (Å²) < 4.78 is 60.4. The van der Waals surface area contributed by atoms with E-state index in [1.165, 1.54) is 13.8 Å². The maximum Gasteiger partial charge on any atom is 0.425 e. The molecule has 2 amide bonds. The van der Waals surface area contributed by atoms with Crippen LogP contribution in [0.2, 0.25) is 0 Å². The van der Waals surface area contributed by atoms with E-state index in [2.05, 4.69) is 14.8 Å². The van der Waals surface area contributed by atoms with Gasteiger partial charge in [0.05, 0.1) is 0 Å². The number of esters is 2. The Morgan fingerprint density at radius 3 is 1.93 bits per heavy atom. The molecule has 0 spiro atoms. The number of halogens is 4. The quantitative estimate of drug-likeness (QED) is 0.471. The fraction of sp³-hybridized carbons (Fsp3) is 0.778. The number of hydrogen-bond donors (Lipinski definition) is 1. The summed E-state index contributed by atoms with van der Waals surface area (Å²) in [5, 5.41) is 2.11. The predicted molar refractivity (Wildman–Crippen MR) is 93.1 cm³/mol. The minimum Gasteiger partial charge on any atom is -0.451 e. The number of amides is 2. The molecule has 0 aliphatic heterocycles. The molecule has 0 aliphatic carbocycles. The number of carbonyl (C=O) groups is 4. The van der Waals surface area contributed by atoms with E-state index in [1.54, 1.807) is 20.8 Å². The lowest BCUT2D eigenvalue weighted by molar-refractivity contribution is -0.218. The van der Waals surface area contributed by atoms with E-state index in [-0.39, 0.29) is 0 Å². The van der Waals surface area contributed by atoms with Crippen molar-refractivity contribution in [1.82, 2.24) is 5.32 Å². The molecule has 7 nitrogen and oxygen atoms in total. The van der Waals surface area contributed by atoms with Gasteiger partial charge in [-0.3, -0.25) is 14.9 Å². The van der Waals surface area contributed by atoms with Gasteiger partial charge in [0.25, 0.3) is 0 Å². The van der Waals surface area contributed by atoms with E-state index in [1.807, 2.05) is 0 Å². The van der Waals surface area contributed by atoms with Gasteiger partial charge in [0.15, 0.2) is 12.7 Å². The maximum absolute atomic E-state index is 14.9. The van der Waals surface area contributed by atoms with Gasteiger partial charge in [-0.05, 0) is 13.3 Å². The first kappa shape index (κ1) is 26.8. The van der Waals surface area contributed by atoms with Crippen LogP contribution in [0.4, 0.5) is 17.6 Å². The van der Waals surface area contributed by atoms with Crippen LogP contribution in [0.15, 0.2) is 0 Å². The van der Waals surface area contributed by atoms with Crippen molar-refractivity contribution in [2.75, 3.05) is 6.61 Å². The lowest BCUT2D eigenvalue weighted by Crippen LogP contribution is -2.45. The second kappa shape index (κ2) is 10.0. The van der Waals surface area contributed by atoms with Crippen LogP contribution in [0.3, 0.4) is 0 Å². The Morgan fingerprint density at radius 1 is 1.00 bits per heavy atom. The largest absolute Gasteiger partial charge is 0.451 e. The smallest absolute Gasteiger partial charge is 0.425 e. The first-order chi connectivity index (χ1) is 12.9. The summed E-state index contributed by atoms with van der Waals surface area (Å²) >= 11 is 0. The minimum absolute atomic E-state index is 0.426. The molecule has 0 radical (unpaired) electrons. The van der Waals surface area contributed by atoms with Gasteiger partial charge in [0, 0.05) is 17.8 Å². The first-order valence-corrected chi connectivity index (χ1v) is 8.91. The van der Waals surface area contributed by atoms with E-state index >= 15 is 0 Å². The standard InChI is InChI=1S/C18H27F4NO6/c1-7-17(19,8-10(2)13(25)23-14(26)16(4,5)6)15(27)28-9-12(24)29-11(3)18(20,21)22/h10-11H,7-9H2,1-6H3,(H,23,25,26). The van der Waals surface area contributed by atoms with E-state index < -0.39 is 72.5 Å². The van der Waals surface area contributed by atoms with Gasteiger partial charge in [-0.2, -0.15) is 13.2 Å². The summed E-state index contributed by atoms with van der Waals surface area (Å²) in [5.74, 6) is -5.50. The Labute approximate surface area is 166 Å². The van der Waals surface area contributed by atoms with Gasteiger partial charge < -0.3 is 9.47 Å². The Hall–Kier alpha value is -2.20. The lowest BCUT2D eigenvalue weighted by atomic mass is 9.89. The van der Waals surface area contributed by atoms with Crippen molar-refractivity contribution in [2.24, 2.45) is 11.3 Å². The Morgan fingerprint density at radius 2 is 1.52 bits per heavy atom. The highest BCUT2D eigenvalue weighted by Gasteiger charge is 2.43. The highest BCUT2D eigenvalue weighted by Crippen LogP contribution is 2.28. The molecule has 1 N–H and O–H groups in total. The molecule has 0 rings (SSSR count). The zero-order valence-electron chi connectivity index (χ0n) is 17.2. The van der Waals surface area contributed by atoms with Crippen LogP contribution in [0.1, 0.15) is 54.4 Å². The van der Waals surface area contributed by atoms with Gasteiger partial charge in [-0.1, -0.05) is 34.6 Å². The Balaban J connectivity index is 4.86. The van der Waals surface area contributed by atoms with Crippen LogP contribution in [0.25, 0.3) is 0 Å². The number of alkyl halides is 4. The summed E-state index contributed by atoms with van der Waals surface area (Å²) in [6.07, 6.45) is -8.29. The number of hydrogen-bond acceptors (Lipinski definition) is 6. The summed E-state index contributed by atoms with van der Waals surface area (Å²) in [4.78, 5) is 47.2. The summed E-state index contributed by atoms with van der Waals surface area (Å²) in [6.45, 7) is 6.67. The molecule has 0 aromatic heterocycles. The molecule has 0 bridgehead atoms. The molecule has 29 heavy (non-hydrogen) atoms. The van der Waals surface area contributed by atoms with Gasteiger partial charge in [0.2, 0.25) is 17.5 Å². The predicted octanol–water partition coefficient (Wildman–Crippen LogP) is 2.86. The minimum atomic E-state index is -4.79. The molecule has 11 heteroatoms. The molecule has 0 aromatic rings. The van der Waals surface area contributed by atoms with Crippen LogP contribution in [0.5, 0.6) is 0 Å². The zero-order valence-corrected chi connectivity index (χ0v) is 17.2. The van der Waals surface area contributed by atoms with E-state index in [0.29, 0.717) is 6.92 Å². The topological polar surface area (TPSA) is 98.8 Å². The van der Waals surface area contributed by atoms with Crippen LogP contribution in [-0.2, 0) is 28.7 Å². The summed E-state index contributed by atoms with van der Waals surface area (Å²) in [7, 11) is 0. The Kier molecular flexibility index (Phi) is 9.26. The number of rotatable bonds is 8. The number of nitrogens with one attached hydrogen (secondary N) is 1. The second-order valence-corrected chi connectivity index (χ2v) is 7.74. The van der Waals surface area contributed by atoms with Crippen molar-refractivity contribution >= 4 is 23.8 Å². The number of carbonyl (C=O) groups excluding carboxylic acids is 4. The summed E-state index contributed by atoms with van der Waals surface area (Å²) in [5.41, 5.74) is -3.54. The lowest BCUT2D eigenvalue weighted by Gasteiger charge is -2.25. The third-order valence-corrected chi connectivity index (χ3v) is 4.01. The zero-order chi connectivity index (χ0) is 23.2. The van der Waals surface area contributed by atoms with Gasteiger partial charge in [0.1, 0.15) is 0 Å². The first-order valence-electron chi connectivity index (χ1n) is 8.91. The molecule has 3 atom stereocenters. The third-order valence-electron chi connectivity index (χ3n) is 4.01. The van der Waals surface area contributed by atoms with Crippen molar-refractivity contribution in [2.45, 2.75) is 72.3 Å². The molecular weight excluding hydrogens is 402 g/mol.